The lowest BCUT2D eigenvalue weighted by atomic mass is 9.97. The van der Waals surface area contributed by atoms with Gasteiger partial charge in [-0.3, -0.25) is 0 Å². The SMILES string of the molecule is CN(C)CC[C@H](Oc1cccc2ccccc12)C1=CC=CCC1=S. The van der Waals surface area contributed by atoms with Gasteiger partial charge < -0.3 is 9.64 Å². The molecular weight excluding hydrogens is 314 g/mol. The van der Waals surface area contributed by atoms with Crippen molar-refractivity contribution < 1.29 is 4.74 Å². The average molecular weight is 337 g/mol. The van der Waals surface area contributed by atoms with Crippen molar-refractivity contribution in [2.45, 2.75) is 18.9 Å². The summed E-state index contributed by atoms with van der Waals surface area (Å²) in [4.78, 5) is 3.17. The molecule has 3 rings (SSSR count). The van der Waals surface area contributed by atoms with Crippen molar-refractivity contribution in [3.05, 3.63) is 66.3 Å². The standard InChI is InChI=1S/C21H23NOS/c1-22(2)15-14-20(18-11-5-6-13-21(18)24)23-19-12-7-9-16-8-3-4-10-17(16)19/h3-12,20H,13-15H2,1-2H3/t20-/m0/s1. The number of ether oxygens (including phenoxy) is 1. The first-order valence-electron chi connectivity index (χ1n) is 8.34. The summed E-state index contributed by atoms with van der Waals surface area (Å²) < 4.78 is 6.47. The molecule has 0 saturated heterocycles. The van der Waals surface area contributed by atoms with Crippen LogP contribution in [0.3, 0.4) is 0 Å². The second-order valence-corrected chi connectivity index (χ2v) is 6.85. The lowest BCUT2D eigenvalue weighted by Gasteiger charge is -2.25. The first-order chi connectivity index (χ1) is 11.6. The predicted molar refractivity (Wildman–Crippen MR) is 106 cm³/mol. The second kappa shape index (κ2) is 7.73. The first kappa shape index (κ1) is 16.9. The Bertz CT molecular complexity index is 786. The van der Waals surface area contributed by atoms with Crippen molar-refractivity contribution in [3.8, 4) is 5.75 Å². The van der Waals surface area contributed by atoms with Gasteiger partial charge in [0.15, 0.2) is 0 Å². The van der Waals surface area contributed by atoms with Crippen molar-refractivity contribution >= 4 is 27.9 Å². The number of hydrogen-bond donors (Lipinski definition) is 0. The van der Waals surface area contributed by atoms with Gasteiger partial charge in [-0.15, -0.1) is 0 Å². The fraction of sp³-hybridized carbons (Fsp3) is 0.286. The molecule has 0 heterocycles. The summed E-state index contributed by atoms with van der Waals surface area (Å²) in [6.45, 7) is 0.957. The van der Waals surface area contributed by atoms with Gasteiger partial charge in [0.2, 0.25) is 0 Å². The van der Waals surface area contributed by atoms with Crippen LogP contribution in [0.4, 0.5) is 0 Å². The Kier molecular flexibility index (Phi) is 5.44. The molecule has 0 fully saturated rings. The van der Waals surface area contributed by atoms with Crippen LogP contribution in [0.2, 0.25) is 0 Å². The van der Waals surface area contributed by atoms with E-state index in [1.807, 2.05) is 12.1 Å². The molecule has 1 aliphatic rings. The van der Waals surface area contributed by atoms with Crippen molar-refractivity contribution in [1.29, 1.82) is 0 Å². The number of benzene rings is 2. The molecule has 0 spiro atoms. The van der Waals surface area contributed by atoms with Crippen LogP contribution in [0.25, 0.3) is 10.8 Å². The number of rotatable bonds is 6. The maximum Gasteiger partial charge on any atom is 0.128 e. The van der Waals surface area contributed by atoms with Crippen LogP contribution in [0.15, 0.2) is 66.3 Å². The van der Waals surface area contributed by atoms with E-state index in [2.05, 4.69) is 67.6 Å². The highest BCUT2D eigenvalue weighted by atomic mass is 32.1. The van der Waals surface area contributed by atoms with E-state index < -0.39 is 0 Å². The summed E-state index contributed by atoms with van der Waals surface area (Å²) >= 11 is 5.58. The molecule has 2 aromatic carbocycles. The van der Waals surface area contributed by atoms with E-state index in [0.717, 1.165) is 41.0 Å². The fourth-order valence-electron chi connectivity index (χ4n) is 2.95. The normalized spacial score (nSPS) is 15.6. The van der Waals surface area contributed by atoms with Crippen LogP contribution in [-0.4, -0.2) is 36.5 Å². The van der Waals surface area contributed by atoms with Gasteiger partial charge in [-0.1, -0.05) is 66.8 Å². The number of nitrogens with zero attached hydrogens (tertiary/aromatic N) is 1. The Balaban J connectivity index is 1.92. The van der Waals surface area contributed by atoms with Crippen LogP contribution in [0.1, 0.15) is 12.8 Å². The Labute approximate surface area is 149 Å². The smallest absolute Gasteiger partial charge is 0.128 e. The topological polar surface area (TPSA) is 12.5 Å². The van der Waals surface area contributed by atoms with Crippen molar-refractivity contribution in [2.24, 2.45) is 0 Å². The summed E-state index contributed by atoms with van der Waals surface area (Å²) in [5.74, 6) is 0.926. The molecule has 0 aliphatic heterocycles. The number of allylic oxidation sites excluding steroid dienone is 3. The van der Waals surface area contributed by atoms with E-state index in [4.69, 9.17) is 17.0 Å². The molecule has 0 amide bonds. The summed E-state index contributed by atoms with van der Waals surface area (Å²) in [7, 11) is 4.17. The summed E-state index contributed by atoms with van der Waals surface area (Å²) in [6, 6.07) is 14.5. The number of hydrogen-bond acceptors (Lipinski definition) is 3. The van der Waals surface area contributed by atoms with Crippen LogP contribution in [0.5, 0.6) is 5.75 Å². The van der Waals surface area contributed by atoms with Crippen LogP contribution < -0.4 is 4.74 Å². The van der Waals surface area contributed by atoms with E-state index in [1.165, 1.54) is 5.39 Å². The molecule has 0 bridgehead atoms. The van der Waals surface area contributed by atoms with Crippen LogP contribution in [-0.2, 0) is 0 Å². The molecule has 0 radical (unpaired) electrons. The third-order valence-corrected chi connectivity index (χ3v) is 4.64. The molecule has 0 unspecified atom stereocenters. The van der Waals surface area contributed by atoms with Crippen molar-refractivity contribution in [2.75, 3.05) is 20.6 Å². The monoisotopic (exact) mass is 337 g/mol. The Morgan fingerprint density at radius 2 is 1.92 bits per heavy atom. The Morgan fingerprint density at radius 3 is 2.71 bits per heavy atom. The molecular formula is C21H23NOS. The van der Waals surface area contributed by atoms with E-state index >= 15 is 0 Å². The third kappa shape index (κ3) is 3.92. The number of fused-ring (bicyclic) bond motifs is 1. The quantitative estimate of drug-likeness (QED) is 0.703. The van der Waals surface area contributed by atoms with Gasteiger partial charge in [-0.2, -0.15) is 0 Å². The van der Waals surface area contributed by atoms with Gasteiger partial charge in [0.25, 0.3) is 0 Å². The highest BCUT2D eigenvalue weighted by Gasteiger charge is 2.21. The zero-order chi connectivity index (χ0) is 16.9. The van der Waals surface area contributed by atoms with Gasteiger partial charge >= 0.3 is 0 Å². The lowest BCUT2D eigenvalue weighted by Crippen LogP contribution is -2.29. The van der Waals surface area contributed by atoms with Crippen LogP contribution >= 0.6 is 12.2 Å². The minimum absolute atomic E-state index is 0.0179. The molecule has 124 valence electrons. The molecule has 2 aromatic rings. The molecule has 3 heteroatoms. The van der Waals surface area contributed by atoms with E-state index in [0.29, 0.717) is 0 Å². The van der Waals surface area contributed by atoms with Crippen molar-refractivity contribution in [1.82, 2.24) is 4.90 Å². The lowest BCUT2D eigenvalue weighted by molar-refractivity contribution is 0.216. The Morgan fingerprint density at radius 1 is 1.12 bits per heavy atom. The van der Waals surface area contributed by atoms with Gasteiger partial charge in [0.1, 0.15) is 11.9 Å². The highest BCUT2D eigenvalue weighted by molar-refractivity contribution is 7.80. The number of thiocarbonyl (C=S) groups is 1. The van der Waals surface area contributed by atoms with Gasteiger partial charge in [0, 0.05) is 35.2 Å². The van der Waals surface area contributed by atoms with Gasteiger partial charge in [0.05, 0.1) is 0 Å². The molecule has 2 nitrogen and oxygen atoms in total. The maximum absolute atomic E-state index is 6.47. The summed E-state index contributed by atoms with van der Waals surface area (Å²) in [6.07, 6.45) is 8.02. The highest BCUT2D eigenvalue weighted by Crippen LogP contribution is 2.29. The van der Waals surface area contributed by atoms with Gasteiger partial charge in [-0.25, -0.2) is 0 Å². The minimum Gasteiger partial charge on any atom is -0.485 e. The van der Waals surface area contributed by atoms with E-state index in [-0.39, 0.29) is 6.10 Å². The first-order valence-corrected chi connectivity index (χ1v) is 8.75. The zero-order valence-corrected chi connectivity index (χ0v) is 15.1. The molecule has 0 saturated carbocycles. The largest absolute Gasteiger partial charge is 0.485 e. The summed E-state index contributed by atoms with van der Waals surface area (Å²) in [5.41, 5.74) is 1.14. The Hall–Kier alpha value is -1.97. The van der Waals surface area contributed by atoms with Crippen LogP contribution in [0, 0.1) is 0 Å². The predicted octanol–water partition coefficient (Wildman–Crippen LogP) is 4.80. The van der Waals surface area contributed by atoms with E-state index in [9.17, 15) is 0 Å². The molecule has 1 atom stereocenters. The molecule has 0 N–H and O–H groups in total. The minimum atomic E-state index is -0.0179. The van der Waals surface area contributed by atoms with Gasteiger partial charge in [-0.05, 0) is 25.5 Å². The fourth-order valence-corrected chi connectivity index (χ4v) is 3.25. The zero-order valence-electron chi connectivity index (χ0n) is 14.2. The van der Waals surface area contributed by atoms with E-state index in [1.54, 1.807) is 0 Å². The molecule has 0 aromatic heterocycles. The van der Waals surface area contributed by atoms with Crippen molar-refractivity contribution in [3.63, 3.8) is 0 Å². The maximum atomic E-state index is 6.47. The second-order valence-electron chi connectivity index (χ2n) is 6.35. The average Bonchev–Trinajstić information content (AvgIpc) is 2.59. The molecule has 1 aliphatic carbocycles. The summed E-state index contributed by atoms with van der Waals surface area (Å²) in [5, 5.41) is 2.34. The third-order valence-electron chi connectivity index (χ3n) is 4.24. The molecule has 24 heavy (non-hydrogen) atoms.